The number of hydrogen-bond acceptors (Lipinski definition) is 4. The Bertz CT molecular complexity index is 1150. The van der Waals surface area contributed by atoms with Crippen LogP contribution in [0.1, 0.15) is 5.56 Å². The molecule has 29 heavy (non-hydrogen) atoms. The smallest absolute Gasteiger partial charge is 0.489 e. The van der Waals surface area contributed by atoms with Gasteiger partial charge in [0, 0.05) is 27.2 Å². The Kier molecular flexibility index (Phi) is 5.53. The van der Waals surface area contributed by atoms with Crippen molar-refractivity contribution in [2.24, 2.45) is 0 Å². The van der Waals surface area contributed by atoms with Crippen LogP contribution in [0.15, 0.2) is 77.4 Å². The highest BCUT2D eigenvalue weighted by atomic mass is 79.9. The Labute approximate surface area is 176 Å². The Morgan fingerprint density at radius 1 is 1.00 bits per heavy atom. The number of aromatic nitrogens is 1. The number of hydrogen-bond donors (Lipinski definition) is 1. The summed E-state index contributed by atoms with van der Waals surface area (Å²) >= 11 is 3.56. The van der Waals surface area contributed by atoms with Gasteiger partial charge in [-0.2, -0.15) is 0 Å². The Hall–Kier alpha value is -3.25. The van der Waals surface area contributed by atoms with Crippen LogP contribution in [0.5, 0.6) is 11.5 Å². The van der Waals surface area contributed by atoms with Crippen molar-refractivity contribution in [3.05, 3.63) is 83.0 Å². The van der Waals surface area contributed by atoms with Crippen LogP contribution in [-0.4, -0.2) is 18.2 Å². The summed E-state index contributed by atoms with van der Waals surface area (Å²) in [6, 6.07) is 21.2. The van der Waals surface area contributed by atoms with Crippen LogP contribution in [0.3, 0.4) is 0 Å². The zero-order valence-electron chi connectivity index (χ0n) is 15.6. The zero-order valence-corrected chi connectivity index (χ0v) is 17.2. The molecule has 1 heterocycles. The molecule has 0 aliphatic heterocycles. The minimum Gasteiger partial charge on any atom is -0.489 e. The summed E-state index contributed by atoms with van der Waals surface area (Å²) < 4.78 is 16.9. The number of ether oxygens (including phenoxy) is 3. The first-order valence-corrected chi connectivity index (χ1v) is 9.77. The molecule has 0 spiro atoms. The van der Waals surface area contributed by atoms with Gasteiger partial charge < -0.3 is 19.2 Å². The summed E-state index contributed by atoms with van der Waals surface area (Å²) in [5, 5.41) is 0.995. The number of carbonyl (C=O) groups excluding carboxylic acids is 1. The highest BCUT2D eigenvalue weighted by Gasteiger charge is 2.16. The fraction of sp³-hybridized carbons (Fsp3) is 0.0870. The van der Waals surface area contributed by atoms with Crippen LogP contribution < -0.4 is 9.47 Å². The number of methoxy groups -OCH3 is 1. The molecule has 4 aromatic rings. The summed E-state index contributed by atoms with van der Waals surface area (Å²) in [6.07, 6.45) is 1.11. The average molecular weight is 452 g/mol. The molecule has 0 saturated carbocycles. The maximum atomic E-state index is 11.7. The lowest BCUT2D eigenvalue weighted by atomic mass is 10.0. The lowest BCUT2D eigenvalue weighted by Crippen LogP contribution is -2.08. The highest BCUT2D eigenvalue weighted by Crippen LogP contribution is 2.39. The third kappa shape index (κ3) is 4.12. The number of benzene rings is 3. The average Bonchev–Trinajstić information content (AvgIpc) is 3.19. The van der Waals surface area contributed by atoms with Crippen molar-refractivity contribution in [3.8, 4) is 22.6 Å². The van der Waals surface area contributed by atoms with Gasteiger partial charge >= 0.3 is 6.16 Å². The second-order valence-corrected chi connectivity index (χ2v) is 7.21. The second-order valence-electron chi connectivity index (χ2n) is 6.35. The van der Waals surface area contributed by atoms with Crippen LogP contribution >= 0.6 is 15.9 Å². The second kappa shape index (κ2) is 8.41. The molecule has 146 valence electrons. The van der Waals surface area contributed by atoms with Crippen molar-refractivity contribution in [2.45, 2.75) is 6.61 Å². The van der Waals surface area contributed by atoms with Gasteiger partial charge in [0.15, 0.2) is 0 Å². The first-order chi connectivity index (χ1) is 14.2. The van der Waals surface area contributed by atoms with Crippen molar-refractivity contribution in [1.29, 1.82) is 0 Å². The normalized spacial score (nSPS) is 10.7. The van der Waals surface area contributed by atoms with Gasteiger partial charge in [-0.3, -0.25) is 0 Å². The highest BCUT2D eigenvalue weighted by molar-refractivity contribution is 9.10. The first kappa shape index (κ1) is 19.1. The molecule has 3 aromatic carbocycles. The topological polar surface area (TPSA) is 60.6 Å². The molecule has 0 atom stereocenters. The molecule has 5 nitrogen and oxygen atoms in total. The summed E-state index contributed by atoms with van der Waals surface area (Å²) in [7, 11) is 1.28. The van der Waals surface area contributed by atoms with Crippen LogP contribution in [0, 0.1) is 0 Å². The molecule has 1 aromatic heterocycles. The van der Waals surface area contributed by atoms with Crippen molar-refractivity contribution in [2.75, 3.05) is 7.11 Å². The zero-order chi connectivity index (χ0) is 20.2. The molecule has 0 fully saturated rings. The van der Waals surface area contributed by atoms with E-state index in [4.69, 9.17) is 9.47 Å². The largest absolute Gasteiger partial charge is 0.513 e. The third-order valence-corrected chi connectivity index (χ3v) is 5.17. The van der Waals surface area contributed by atoms with E-state index in [1.165, 1.54) is 7.11 Å². The van der Waals surface area contributed by atoms with Gasteiger partial charge in [0.2, 0.25) is 0 Å². The SMILES string of the molecule is COC(=O)Oc1ccc(OCc2ccccc2)cc1-c1c[nH]c2c(Br)cccc12. The molecular formula is C23H18BrNO4. The van der Waals surface area contributed by atoms with E-state index in [0.29, 0.717) is 18.1 Å². The molecule has 0 aliphatic carbocycles. The number of aromatic amines is 1. The van der Waals surface area contributed by atoms with Gasteiger partial charge in [-0.15, -0.1) is 0 Å². The van der Waals surface area contributed by atoms with Crippen molar-refractivity contribution < 1.29 is 19.0 Å². The fourth-order valence-electron chi connectivity index (χ4n) is 3.11. The molecular weight excluding hydrogens is 434 g/mol. The molecule has 6 heteroatoms. The molecule has 0 radical (unpaired) electrons. The van der Waals surface area contributed by atoms with Crippen LogP contribution in [0.2, 0.25) is 0 Å². The molecule has 0 bridgehead atoms. The number of nitrogens with one attached hydrogen (secondary N) is 1. The number of carbonyl (C=O) groups is 1. The Balaban J connectivity index is 1.73. The maximum Gasteiger partial charge on any atom is 0.513 e. The molecule has 0 unspecified atom stereocenters. The van der Waals surface area contributed by atoms with Crippen LogP contribution in [-0.2, 0) is 11.3 Å². The van der Waals surface area contributed by atoms with Crippen LogP contribution in [0.4, 0.5) is 4.79 Å². The van der Waals surface area contributed by atoms with E-state index in [1.54, 1.807) is 12.1 Å². The van der Waals surface area contributed by atoms with E-state index in [2.05, 4.69) is 25.7 Å². The van der Waals surface area contributed by atoms with Gasteiger partial charge in [0.25, 0.3) is 0 Å². The van der Waals surface area contributed by atoms with Gasteiger partial charge in [0.05, 0.1) is 12.6 Å². The fourth-order valence-corrected chi connectivity index (χ4v) is 3.59. The van der Waals surface area contributed by atoms with Gasteiger partial charge in [-0.05, 0) is 45.8 Å². The minimum absolute atomic E-state index is 0.393. The number of para-hydroxylation sites is 1. The van der Waals surface area contributed by atoms with Crippen molar-refractivity contribution in [1.82, 2.24) is 4.98 Å². The molecule has 4 rings (SSSR count). The van der Waals surface area contributed by atoms with E-state index in [1.807, 2.05) is 60.8 Å². The number of halogens is 1. The quantitative estimate of drug-likeness (QED) is 0.284. The predicted octanol–water partition coefficient (Wildman–Crippen LogP) is 6.32. The lowest BCUT2D eigenvalue weighted by Gasteiger charge is -2.12. The summed E-state index contributed by atoms with van der Waals surface area (Å²) in [6.45, 7) is 0.441. The monoisotopic (exact) mass is 451 g/mol. The third-order valence-electron chi connectivity index (χ3n) is 4.51. The van der Waals surface area contributed by atoms with Gasteiger partial charge in [0.1, 0.15) is 18.1 Å². The number of fused-ring (bicyclic) bond motifs is 1. The number of rotatable bonds is 5. The summed E-state index contributed by atoms with van der Waals surface area (Å²) in [5.41, 5.74) is 3.65. The van der Waals surface area contributed by atoms with E-state index >= 15 is 0 Å². The molecule has 1 N–H and O–H groups in total. The molecule has 0 aliphatic rings. The lowest BCUT2D eigenvalue weighted by molar-refractivity contribution is 0.121. The van der Waals surface area contributed by atoms with Gasteiger partial charge in [-0.25, -0.2) is 4.79 Å². The van der Waals surface area contributed by atoms with Gasteiger partial charge in [-0.1, -0.05) is 42.5 Å². The van der Waals surface area contributed by atoms with E-state index in [0.717, 1.165) is 32.1 Å². The minimum atomic E-state index is -0.773. The van der Waals surface area contributed by atoms with Crippen LogP contribution in [0.25, 0.3) is 22.0 Å². The van der Waals surface area contributed by atoms with E-state index in [-0.39, 0.29) is 0 Å². The van der Waals surface area contributed by atoms with Crippen molar-refractivity contribution >= 4 is 33.0 Å². The maximum absolute atomic E-state index is 11.7. The Morgan fingerprint density at radius 2 is 1.83 bits per heavy atom. The van der Waals surface area contributed by atoms with Crippen molar-refractivity contribution in [3.63, 3.8) is 0 Å². The summed E-state index contributed by atoms with van der Waals surface area (Å²) in [5.74, 6) is 1.07. The molecule has 0 amide bonds. The predicted molar refractivity (Wildman–Crippen MR) is 115 cm³/mol. The Morgan fingerprint density at radius 3 is 2.62 bits per heavy atom. The van der Waals surface area contributed by atoms with E-state index in [9.17, 15) is 4.79 Å². The summed E-state index contributed by atoms with van der Waals surface area (Å²) in [4.78, 5) is 15.0. The van der Waals surface area contributed by atoms with E-state index < -0.39 is 6.16 Å². The standard InChI is InChI=1S/C23H18BrNO4/c1-27-23(26)29-21-11-10-16(28-14-15-6-3-2-4-7-15)12-18(21)19-13-25-22-17(19)8-5-9-20(22)24/h2-13,25H,14H2,1H3. The first-order valence-electron chi connectivity index (χ1n) is 8.98. The molecule has 0 saturated heterocycles. The number of H-pyrrole nitrogens is 1.